The molecule has 0 bridgehead atoms. The summed E-state index contributed by atoms with van der Waals surface area (Å²) >= 11 is 0. The van der Waals surface area contributed by atoms with Gasteiger partial charge in [0.25, 0.3) is 0 Å². The molecule has 1 unspecified atom stereocenters. The minimum Gasteiger partial charge on any atom is -0.315 e. The van der Waals surface area contributed by atoms with Crippen molar-refractivity contribution >= 4 is 0 Å². The summed E-state index contributed by atoms with van der Waals surface area (Å²) in [5.74, 6) is 1.09. The first-order chi connectivity index (χ1) is 9.14. The summed E-state index contributed by atoms with van der Waals surface area (Å²) in [4.78, 5) is 6.84. The average Bonchev–Trinajstić information content (AvgIpc) is 3.05. The first kappa shape index (κ1) is 14.5. The highest BCUT2D eigenvalue weighted by molar-refractivity contribution is 5.05. The number of rotatable bonds is 6. The number of aryl methyl sites for hydroxylation is 1. The van der Waals surface area contributed by atoms with E-state index in [0.29, 0.717) is 6.04 Å². The highest BCUT2D eigenvalue weighted by Gasteiger charge is 2.42. The fourth-order valence-electron chi connectivity index (χ4n) is 3.55. The van der Waals surface area contributed by atoms with Gasteiger partial charge in [0.1, 0.15) is 12.2 Å². The Balaban J connectivity index is 2.19. The lowest BCUT2D eigenvalue weighted by molar-refractivity contribution is 0.107. The van der Waals surface area contributed by atoms with Crippen molar-refractivity contribution in [3.63, 3.8) is 0 Å². The van der Waals surface area contributed by atoms with E-state index in [1.54, 1.807) is 6.33 Å². The van der Waals surface area contributed by atoms with E-state index < -0.39 is 0 Å². The van der Waals surface area contributed by atoms with Crippen molar-refractivity contribution in [1.82, 2.24) is 25.0 Å². The zero-order valence-corrected chi connectivity index (χ0v) is 12.7. The molecule has 1 saturated carbocycles. The lowest BCUT2D eigenvalue weighted by Crippen LogP contribution is -2.57. The summed E-state index contributed by atoms with van der Waals surface area (Å²) in [6.45, 7) is 3.00. The minimum absolute atomic E-state index is 0.263. The van der Waals surface area contributed by atoms with Gasteiger partial charge < -0.3 is 10.2 Å². The van der Waals surface area contributed by atoms with Crippen LogP contribution in [-0.2, 0) is 13.0 Å². The fraction of sp³-hybridized carbons (Fsp3) is 0.857. The van der Waals surface area contributed by atoms with Crippen LogP contribution >= 0.6 is 0 Å². The Bertz CT molecular complexity index is 392. The van der Waals surface area contributed by atoms with Crippen LogP contribution in [0.2, 0.25) is 0 Å². The summed E-state index contributed by atoms with van der Waals surface area (Å²) in [5.41, 5.74) is 0.263. The van der Waals surface area contributed by atoms with Gasteiger partial charge >= 0.3 is 0 Å². The number of hydrogen-bond acceptors (Lipinski definition) is 4. The Morgan fingerprint density at radius 3 is 2.63 bits per heavy atom. The van der Waals surface area contributed by atoms with E-state index in [4.69, 9.17) is 0 Å². The van der Waals surface area contributed by atoms with Crippen molar-refractivity contribution in [2.45, 2.75) is 57.2 Å². The quantitative estimate of drug-likeness (QED) is 0.842. The summed E-state index contributed by atoms with van der Waals surface area (Å²) in [6.07, 6.45) is 7.82. The third kappa shape index (κ3) is 2.67. The molecule has 1 atom stereocenters. The molecule has 2 rings (SSSR count). The van der Waals surface area contributed by atoms with Gasteiger partial charge in [-0.2, -0.15) is 5.10 Å². The molecule has 1 aliphatic rings. The minimum atomic E-state index is 0.263. The van der Waals surface area contributed by atoms with E-state index >= 15 is 0 Å². The molecule has 1 aliphatic carbocycles. The molecule has 5 heteroatoms. The molecule has 5 nitrogen and oxygen atoms in total. The van der Waals surface area contributed by atoms with Gasteiger partial charge in [-0.25, -0.2) is 4.98 Å². The Labute approximate surface area is 116 Å². The predicted octanol–water partition coefficient (Wildman–Crippen LogP) is 1.30. The first-order valence-electron chi connectivity index (χ1n) is 7.35. The van der Waals surface area contributed by atoms with Crippen LogP contribution in [0.5, 0.6) is 0 Å². The summed E-state index contributed by atoms with van der Waals surface area (Å²) < 4.78 is 2.00. The molecular weight excluding hydrogens is 238 g/mol. The normalized spacial score (nSPS) is 20.1. The van der Waals surface area contributed by atoms with Crippen molar-refractivity contribution in [1.29, 1.82) is 0 Å². The summed E-state index contributed by atoms with van der Waals surface area (Å²) in [6, 6.07) is 0.430. The number of likely N-dealkylation sites (N-methyl/N-ethyl adjacent to an activating group) is 2. The number of nitrogens with zero attached hydrogens (tertiary/aromatic N) is 4. The van der Waals surface area contributed by atoms with Crippen LogP contribution < -0.4 is 5.32 Å². The van der Waals surface area contributed by atoms with Crippen LogP contribution in [0.15, 0.2) is 6.33 Å². The van der Waals surface area contributed by atoms with E-state index in [1.807, 2.05) is 4.68 Å². The molecule has 19 heavy (non-hydrogen) atoms. The molecule has 108 valence electrons. The van der Waals surface area contributed by atoms with Gasteiger partial charge in [-0.3, -0.25) is 4.68 Å². The Morgan fingerprint density at radius 1 is 1.42 bits per heavy atom. The largest absolute Gasteiger partial charge is 0.315 e. The molecule has 1 N–H and O–H groups in total. The smallest absolute Gasteiger partial charge is 0.138 e. The first-order valence-corrected chi connectivity index (χ1v) is 7.35. The Morgan fingerprint density at radius 2 is 2.11 bits per heavy atom. The molecule has 0 aliphatic heterocycles. The maximum absolute atomic E-state index is 4.43. The molecule has 0 amide bonds. The zero-order valence-electron chi connectivity index (χ0n) is 12.7. The topological polar surface area (TPSA) is 46.0 Å². The van der Waals surface area contributed by atoms with Gasteiger partial charge in [0, 0.05) is 24.5 Å². The van der Waals surface area contributed by atoms with E-state index in [2.05, 4.69) is 48.4 Å². The second-order valence-corrected chi connectivity index (χ2v) is 5.74. The third-order valence-corrected chi connectivity index (χ3v) is 4.74. The highest BCUT2D eigenvalue weighted by atomic mass is 15.3. The molecule has 0 spiro atoms. The third-order valence-electron chi connectivity index (χ3n) is 4.74. The molecule has 0 radical (unpaired) electrons. The van der Waals surface area contributed by atoms with Crippen molar-refractivity contribution in [3.05, 3.63) is 12.2 Å². The lowest BCUT2D eigenvalue weighted by atomic mass is 9.84. The monoisotopic (exact) mass is 265 g/mol. The van der Waals surface area contributed by atoms with Crippen molar-refractivity contribution < 1.29 is 0 Å². The van der Waals surface area contributed by atoms with Crippen LogP contribution in [0.3, 0.4) is 0 Å². The standard InChI is InChI=1S/C14H27N5/c1-5-19-13(16-11-17-19)10-12(15-2)14(18(3)4)8-6-7-9-14/h11-12,15H,5-10H2,1-4H3. The Hall–Kier alpha value is -0.940. The van der Waals surface area contributed by atoms with Gasteiger partial charge in [-0.1, -0.05) is 12.8 Å². The highest BCUT2D eigenvalue weighted by Crippen LogP contribution is 2.37. The van der Waals surface area contributed by atoms with E-state index in [-0.39, 0.29) is 5.54 Å². The fourth-order valence-corrected chi connectivity index (χ4v) is 3.55. The molecule has 0 aromatic carbocycles. The van der Waals surface area contributed by atoms with Gasteiger partial charge in [0.15, 0.2) is 0 Å². The second-order valence-electron chi connectivity index (χ2n) is 5.74. The summed E-state index contributed by atoms with van der Waals surface area (Å²) in [5, 5.41) is 7.81. The number of nitrogens with one attached hydrogen (secondary N) is 1. The van der Waals surface area contributed by atoms with E-state index in [1.165, 1.54) is 25.7 Å². The maximum atomic E-state index is 4.43. The van der Waals surface area contributed by atoms with Gasteiger partial charge in [0.2, 0.25) is 0 Å². The molecule has 1 heterocycles. The molecule has 0 saturated heterocycles. The SMILES string of the molecule is CCn1ncnc1CC(NC)C1(N(C)C)CCCC1. The lowest BCUT2D eigenvalue weighted by Gasteiger charge is -2.43. The van der Waals surface area contributed by atoms with Gasteiger partial charge in [-0.15, -0.1) is 0 Å². The van der Waals surface area contributed by atoms with Crippen LogP contribution in [0, 0.1) is 0 Å². The molecule has 1 fully saturated rings. The molecular formula is C14H27N5. The van der Waals surface area contributed by atoms with Crippen molar-refractivity contribution in [2.24, 2.45) is 0 Å². The van der Waals surface area contributed by atoms with Gasteiger partial charge in [-0.05, 0) is 40.9 Å². The van der Waals surface area contributed by atoms with E-state index in [9.17, 15) is 0 Å². The van der Waals surface area contributed by atoms with Crippen LogP contribution in [0.1, 0.15) is 38.4 Å². The predicted molar refractivity (Wildman–Crippen MR) is 77.1 cm³/mol. The van der Waals surface area contributed by atoms with Crippen LogP contribution in [-0.4, -0.2) is 52.4 Å². The van der Waals surface area contributed by atoms with E-state index in [0.717, 1.165) is 18.8 Å². The number of aromatic nitrogens is 3. The van der Waals surface area contributed by atoms with Crippen LogP contribution in [0.4, 0.5) is 0 Å². The summed E-state index contributed by atoms with van der Waals surface area (Å²) in [7, 11) is 6.49. The van der Waals surface area contributed by atoms with Crippen molar-refractivity contribution in [2.75, 3.05) is 21.1 Å². The Kier molecular flexibility index (Phi) is 4.58. The van der Waals surface area contributed by atoms with Crippen molar-refractivity contribution in [3.8, 4) is 0 Å². The van der Waals surface area contributed by atoms with Gasteiger partial charge in [0.05, 0.1) is 0 Å². The zero-order chi connectivity index (χ0) is 13.9. The average molecular weight is 265 g/mol. The maximum Gasteiger partial charge on any atom is 0.138 e. The number of hydrogen-bond donors (Lipinski definition) is 1. The molecule has 1 aromatic rings. The second kappa shape index (κ2) is 6.01. The van der Waals surface area contributed by atoms with Crippen LogP contribution in [0.25, 0.3) is 0 Å². The molecule has 1 aromatic heterocycles.